The SMILES string of the molecule is CN=C(NCCc1sc(C)nc1C)NC1CCC(C)CC1. The van der Waals surface area contributed by atoms with Crippen LogP contribution in [0, 0.1) is 19.8 Å². The van der Waals surface area contributed by atoms with E-state index in [-0.39, 0.29) is 0 Å². The molecule has 0 radical (unpaired) electrons. The number of hydrogen-bond acceptors (Lipinski definition) is 3. The Morgan fingerprint density at radius 1 is 1.29 bits per heavy atom. The van der Waals surface area contributed by atoms with Crippen LogP contribution >= 0.6 is 11.3 Å². The first-order valence-corrected chi connectivity index (χ1v) is 8.80. The Labute approximate surface area is 132 Å². The number of nitrogens with one attached hydrogen (secondary N) is 2. The fraction of sp³-hybridized carbons (Fsp3) is 0.750. The molecule has 1 aromatic rings. The van der Waals surface area contributed by atoms with E-state index in [1.165, 1.54) is 36.3 Å². The quantitative estimate of drug-likeness (QED) is 0.664. The Morgan fingerprint density at radius 3 is 2.57 bits per heavy atom. The van der Waals surface area contributed by atoms with Gasteiger partial charge in [-0.25, -0.2) is 4.98 Å². The van der Waals surface area contributed by atoms with E-state index in [1.807, 2.05) is 7.05 Å². The Balaban J connectivity index is 1.74. The summed E-state index contributed by atoms with van der Waals surface area (Å²) in [4.78, 5) is 10.2. The van der Waals surface area contributed by atoms with Crippen molar-refractivity contribution in [2.45, 2.75) is 58.9 Å². The highest BCUT2D eigenvalue weighted by Gasteiger charge is 2.18. The molecule has 2 rings (SSSR count). The second kappa shape index (κ2) is 7.78. The van der Waals surface area contributed by atoms with Crippen molar-refractivity contribution >= 4 is 17.3 Å². The number of aromatic nitrogens is 1. The van der Waals surface area contributed by atoms with Gasteiger partial charge in [0.1, 0.15) is 0 Å². The molecule has 0 saturated heterocycles. The van der Waals surface area contributed by atoms with Gasteiger partial charge in [-0.05, 0) is 45.4 Å². The molecule has 0 spiro atoms. The molecule has 21 heavy (non-hydrogen) atoms. The number of guanidine groups is 1. The van der Waals surface area contributed by atoms with Crippen LogP contribution in [0.15, 0.2) is 4.99 Å². The lowest BCUT2D eigenvalue weighted by molar-refractivity contribution is 0.329. The third-order valence-electron chi connectivity index (χ3n) is 4.22. The lowest BCUT2D eigenvalue weighted by Gasteiger charge is -2.28. The fourth-order valence-corrected chi connectivity index (χ4v) is 3.83. The summed E-state index contributed by atoms with van der Waals surface area (Å²) in [6.07, 6.45) is 6.19. The maximum atomic E-state index is 4.47. The van der Waals surface area contributed by atoms with E-state index in [0.29, 0.717) is 6.04 Å². The molecule has 0 aliphatic heterocycles. The Kier molecular flexibility index (Phi) is 6.03. The van der Waals surface area contributed by atoms with Crippen LogP contribution < -0.4 is 10.6 Å². The predicted molar refractivity (Wildman–Crippen MR) is 91.2 cm³/mol. The van der Waals surface area contributed by atoms with Crippen LogP contribution in [0.4, 0.5) is 0 Å². The highest BCUT2D eigenvalue weighted by atomic mass is 32.1. The molecule has 1 aromatic heterocycles. The Morgan fingerprint density at radius 2 is 2.00 bits per heavy atom. The van der Waals surface area contributed by atoms with Crippen LogP contribution in [0.2, 0.25) is 0 Å². The fourth-order valence-electron chi connectivity index (χ4n) is 2.89. The topological polar surface area (TPSA) is 49.3 Å². The highest BCUT2D eigenvalue weighted by Crippen LogP contribution is 2.23. The van der Waals surface area contributed by atoms with E-state index < -0.39 is 0 Å². The van der Waals surface area contributed by atoms with Crippen molar-refractivity contribution in [2.24, 2.45) is 10.9 Å². The van der Waals surface area contributed by atoms with Crippen molar-refractivity contribution in [3.63, 3.8) is 0 Å². The zero-order chi connectivity index (χ0) is 15.2. The molecule has 0 amide bonds. The third-order valence-corrected chi connectivity index (χ3v) is 5.36. The summed E-state index contributed by atoms with van der Waals surface area (Å²) in [7, 11) is 1.85. The molecule has 5 heteroatoms. The number of aryl methyl sites for hydroxylation is 2. The molecule has 0 aromatic carbocycles. The molecule has 4 nitrogen and oxygen atoms in total. The van der Waals surface area contributed by atoms with Gasteiger partial charge in [0.25, 0.3) is 0 Å². The van der Waals surface area contributed by atoms with E-state index in [4.69, 9.17) is 0 Å². The van der Waals surface area contributed by atoms with E-state index in [0.717, 1.165) is 29.9 Å². The largest absolute Gasteiger partial charge is 0.356 e. The summed E-state index contributed by atoms with van der Waals surface area (Å²) in [5.41, 5.74) is 1.17. The smallest absolute Gasteiger partial charge is 0.191 e. The molecular weight excluding hydrogens is 280 g/mol. The summed E-state index contributed by atoms with van der Waals surface area (Å²) in [6.45, 7) is 7.42. The van der Waals surface area contributed by atoms with Gasteiger partial charge in [-0.1, -0.05) is 6.92 Å². The van der Waals surface area contributed by atoms with Crippen molar-refractivity contribution < 1.29 is 0 Å². The van der Waals surface area contributed by atoms with Crippen LogP contribution in [-0.4, -0.2) is 30.6 Å². The highest BCUT2D eigenvalue weighted by molar-refractivity contribution is 7.11. The van der Waals surface area contributed by atoms with Gasteiger partial charge >= 0.3 is 0 Å². The van der Waals surface area contributed by atoms with Crippen LogP contribution in [-0.2, 0) is 6.42 Å². The first kappa shape index (κ1) is 16.3. The summed E-state index contributed by atoms with van der Waals surface area (Å²) in [5, 5.41) is 8.14. The molecule has 2 N–H and O–H groups in total. The van der Waals surface area contributed by atoms with Crippen LogP contribution in [0.1, 0.15) is 48.2 Å². The molecule has 0 unspecified atom stereocenters. The first-order valence-electron chi connectivity index (χ1n) is 7.98. The molecule has 1 aliphatic carbocycles. The monoisotopic (exact) mass is 308 g/mol. The van der Waals surface area contributed by atoms with Gasteiger partial charge < -0.3 is 10.6 Å². The molecule has 1 fully saturated rings. The minimum absolute atomic E-state index is 0.583. The van der Waals surface area contributed by atoms with Crippen molar-refractivity contribution in [3.05, 3.63) is 15.6 Å². The minimum atomic E-state index is 0.583. The molecule has 118 valence electrons. The number of hydrogen-bond donors (Lipinski definition) is 2. The minimum Gasteiger partial charge on any atom is -0.356 e. The van der Waals surface area contributed by atoms with Gasteiger partial charge in [-0.2, -0.15) is 0 Å². The lowest BCUT2D eigenvalue weighted by Crippen LogP contribution is -2.45. The predicted octanol–water partition coefficient (Wildman–Crippen LogP) is 3.05. The second-order valence-corrected chi connectivity index (χ2v) is 7.38. The maximum absolute atomic E-state index is 4.47. The van der Waals surface area contributed by atoms with Crippen LogP contribution in [0.5, 0.6) is 0 Å². The van der Waals surface area contributed by atoms with E-state index in [1.54, 1.807) is 11.3 Å². The standard InChI is InChI=1S/C16H28N4S/c1-11-5-7-14(8-6-11)20-16(17-4)18-10-9-15-12(2)19-13(3)21-15/h11,14H,5-10H2,1-4H3,(H2,17,18,20). The number of thiazole rings is 1. The van der Waals surface area contributed by atoms with E-state index in [9.17, 15) is 0 Å². The van der Waals surface area contributed by atoms with Crippen molar-refractivity contribution in [2.75, 3.05) is 13.6 Å². The summed E-state index contributed by atoms with van der Waals surface area (Å²) in [5.74, 6) is 1.82. The third kappa shape index (κ3) is 4.99. The number of nitrogens with zero attached hydrogens (tertiary/aromatic N) is 2. The van der Waals surface area contributed by atoms with E-state index >= 15 is 0 Å². The maximum Gasteiger partial charge on any atom is 0.191 e. The van der Waals surface area contributed by atoms with Crippen LogP contribution in [0.3, 0.4) is 0 Å². The van der Waals surface area contributed by atoms with Gasteiger partial charge in [0.2, 0.25) is 0 Å². The normalized spacial score (nSPS) is 23.1. The van der Waals surface area contributed by atoms with Crippen molar-refractivity contribution in [1.29, 1.82) is 0 Å². The molecule has 0 bridgehead atoms. The van der Waals surface area contributed by atoms with Gasteiger partial charge in [-0.15, -0.1) is 11.3 Å². The van der Waals surface area contributed by atoms with Crippen molar-refractivity contribution in [1.82, 2.24) is 15.6 Å². The Hall–Kier alpha value is -1.10. The van der Waals surface area contributed by atoms with Gasteiger partial charge in [0.05, 0.1) is 10.7 Å². The molecule has 1 heterocycles. The molecule has 1 aliphatic rings. The zero-order valence-corrected chi connectivity index (χ0v) is 14.5. The summed E-state index contributed by atoms with van der Waals surface area (Å²) < 4.78 is 0. The lowest BCUT2D eigenvalue weighted by atomic mass is 9.87. The zero-order valence-electron chi connectivity index (χ0n) is 13.7. The molecule has 0 atom stereocenters. The average molecular weight is 308 g/mol. The van der Waals surface area contributed by atoms with Gasteiger partial charge in [0.15, 0.2) is 5.96 Å². The Bertz CT molecular complexity index is 473. The summed E-state index contributed by atoms with van der Waals surface area (Å²) in [6, 6.07) is 0.583. The van der Waals surface area contributed by atoms with E-state index in [2.05, 4.69) is 41.4 Å². The molecular formula is C16H28N4S. The second-order valence-electron chi connectivity index (χ2n) is 6.09. The van der Waals surface area contributed by atoms with Crippen molar-refractivity contribution in [3.8, 4) is 0 Å². The van der Waals surface area contributed by atoms with Crippen LogP contribution in [0.25, 0.3) is 0 Å². The average Bonchev–Trinajstić information content (AvgIpc) is 2.78. The first-order chi connectivity index (χ1) is 10.1. The number of aliphatic imine (C=N–C) groups is 1. The van der Waals surface area contributed by atoms with Gasteiger partial charge in [0, 0.05) is 30.9 Å². The summed E-state index contributed by atoms with van der Waals surface area (Å²) >= 11 is 1.80. The molecule has 1 saturated carbocycles. The van der Waals surface area contributed by atoms with Gasteiger partial charge in [-0.3, -0.25) is 4.99 Å². The number of rotatable bonds is 4.